The van der Waals surface area contributed by atoms with Crippen LogP contribution in [0.5, 0.6) is 11.5 Å². The third-order valence-electron chi connectivity index (χ3n) is 3.08. The summed E-state index contributed by atoms with van der Waals surface area (Å²) in [6.45, 7) is 0. The first kappa shape index (κ1) is 14.2. The molecule has 0 N–H and O–H groups in total. The number of ether oxygens (including phenoxy) is 1. The molecule has 0 radical (unpaired) electrons. The maximum Gasteiger partial charge on any atom is 0.127 e. The van der Waals surface area contributed by atoms with Gasteiger partial charge in [0.15, 0.2) is 0 Å². The van der Waals surface area contributed by atoms with E-state index in [2.05, 4.69) is 36.9 Å². The summed E-state index contributed by atoms with van der Waals surface area (Å²) in [4.78, 5) is 0. The van der Waals surface area contributed by atoms with E-state index in [-0.39, 0.29) is 0 Å². The summed E-state index contributed by atoms with van der Waals surface area (Å²) in [7, 11) is 0. The Morgan fingerprint density at radius 1 is 1.00 bits per heavy atom. The van der Waals surface area contributed by atoms with E-state index in [1.807, 2.05) is 53.9 Å². The Balaban J connectivity index is 1.66. The second-order valence-electron chi connectivity index (χ2n) is 4.59. The number of benzene rings is 2. The van der Waals surface area contributed by atoms with Crippen molar-refractivity contribution >= 4 is 36.2 Å². The molecule has 0 saturated carbocycles. The maximum atomic E-state index is 5.81. The molecule has 2 unspecified atom stereocenters. The van der Waals surface area contributed by atoms with E-state index in [4.69, 9.17) is 4.74 Å². The predicted octanol–water partition coefficient (Wildman–Crippen LogP) is 5.26. The van der Waals surface area contributed by atoms with Crippen LogP contribution in [0.25, 0.3) is 0 Å². The normalized spacial score (nSPS) is 21.9. The molecule has 1 nitrogen and oxygen atoms in total. The third kappa shape index (κ3) is 3.48. The van der Waals surface area contributed by atoms with E-state index < -0.39 is 0 Å². The van der Waals surface area contributed by atoms with Crippen molar-refractivity contribution in [1.29, 1.82) is 0 Å². The van der Waals surface area contributed by atoms with Gasteiger partial charge in [-0.3, -0.25) is 0 Å². The van der Waals surface area contributed by atoms with Crippen LogP contribution < -0.4 is 4.74 Å². The summed E-state index contributed by atoms with van der Waals surface area (Å²) >= 11 is 8.42. The molecule has 4 heteroatoms. The molecule has 2 aromatic carbocycles. The molecule has 1 aliphatic rings. The zero-order valence-corrected chi connectivity index (χ0v) is 13.5. The lowest BCUT2D eigenvalue weighted by molar-refractivity contribution is 0.482. The number of thioether (sulfide) groups is 2. The standard InChI is InChI=1S/C16H16OS3/c18-10-15-11-19-16(20-15)12-6-8-14(9-7-12)17-13-4-2-1-3-5-13/h1-9,15-16,18H,10-11H2. The van der Waals surface area contributed by atoms with Crippen LogP contribution in [0, 0.1) is 0 Å². The zero-order chi connectivity index (χ0) is 13.8. The van der Waals surface area contributed by atoms with Crippen molar-refractivity contribution < 1.29 is 4.74 Å². The molecule has 2 atom stereocenters. The fourth-order valence-corrected chi connectivity index (χ4v) is 5.78. The van der Waals surface area contributed by atoms with E-state index >= 15 is 0 Å². The fraction of sp³-hybridized carbons (Fsp3) is 0.250. The van der Waals surface area contributed by atoms with Crippen LogP contribution in [-0.2, 0) is 0 Å². The van der Waals surface area contributed by atoms with Crippen molar-refractivity contribution in [1.82, 2.24) is 0 Å². The van der Waals surface area contributed by atoms with E-state index in [1.54, 1.807) is 0 Å². The molecule has 0 aromatic heterocycles. The molecule has 0 aliphatic carbocycles. The highest BCUT2D eigenvalue weighted by Crippen LogP contribution is 2.49. The van der Waals surface area contributed by atoms with E-state index in [0.29, 0.717) is 9.83 Å². The number of hydrogen-bond acceptors (Lipinski definition) is 4. The summed E-state index contributed by atoms with van der Waals surface area (Å²) < 4.78 is 6.35. The highest BCUT2D eigenvalue weighted by atomic mass is 32.2. The van der Waals surface area contributed by atoms with Gasteiger partial charge in [-0.25, -0.2) is 0 Å². The molecule has 1 aliphatic heterocycles. The molecule has 0 spiro atoms. The van der Waals surface area contributed by atoms with Gasteiger partial charge in [-0.2, -0.15) is 12.6 Å². The monoisotopic (exact) mass is 320 g/mol. The van der Waals surface area contributed by atoms with Gasteiger partial charge < -0.3 is 4.74 Å². The smallest absolute Gasteiger partial charge is 0.127 e. The maximum absolute atomic E-state index is 5.81. The lowest BCUT2D eigenvalue weighted by Crippen LogP contribution is -2.01. The molecular formula is C16H16OS3. The van der Waals surface area contributed by atoms with Crippen LogP contribution in [0.3, 0.4) is 0 Å². The molecule has 1 fully saturated rings. The van der Waals surface area contributed by atoms with Crippen molar-refractivity contribution in [2.45, 2.75) is 9.83 Å². The zero-order valence-electron chi connectivity index (χ0n) is 10.9. The van der Waals surface area contributed by atoms with Gasteiger partial charge in [-0.05, 0) is 29.8 Å². The first-order valence-corrected chi connectivity index (χ1v) is 9.18. The Labute approximate surface area is 133 Å². The molecule has 1 heterocycles. The minimum absolute atomic E-state index is 0.540. The first-order chi connectivity index (χ1) is 9.85. The number of rotatable bonds is 4. The highest BCUT2D eigenvalue weighted by Gasteiger charge is 2.26. The fourth-order valence-electron chi connectivity index (χ4n) is 2.04. The van der Waals surface area contributed by atoms with Crippen LogP contribution >= 0.6 is 36.2 Å². The van der Waals surface area contributed by atoms with Gasteiger partial charge in [0.05, 0.1) is 4.58 Å². The largest absolute Gasteiger partial charge is 0.457 e. The van der Waals surface area contributed by atoms with Gasteiger partial charge in [0.1, 0.15) is 11.5 Å². The molecule has 2 aromatic rings. The van der Waals surface area contributed by atoms with Crippen molar-refractivity contribution in [2.75, 3.05) is 11.5 Å². The SMILES string of the molecule is SCC1CSC(c2ccc(Oc3ccccc3)cc2)S1. The molecule has 0 bridgehead atoms. The van der Waals surface area contributed by atoms with E-state index in [1.165, 1.54) is 11.3 Å². The van der Waals surface area contributed by atoms with E-state index in [9.17, 15) is 0 Å². The van der Waals surface area contributed by atoms with Gasteiger partial charge in [0.2, 0.25) is 0 Å². The van der Waals surface area contributed by atoms with Gasteiger partial charge in [-0.15, -0.1) is 23.5 Å². The molecule has 20 heavy (non-hydrogen) atoms. The van der Waals surface area contributed by atoms with Crippen molar-refractivity contribution in [3.8, 4) is 11.5 Å². The summed E-state index contributed by atoms with van der Waals surface area (Å²) in [6.07, 6.45) is 0. The van der Waals surface area contributed by atoms with E-state index in [0.717, 1.165) is 17.3 Å². The molecule has 3 rings (SSSR count). The van der Waals surface area contributed by atoms with Crippen LogP contribution in [0.4, 0.5) is 0 Å². The predicted molar refractivity (Wildman–Crippen MR) is 93.4 cm³/mol. The average molecular weight is 321 g/mol. The Morgan fingerprint density at radius 3 is 2.35 bits per heavy atom. The second-order valence-corrected chi connectivity index (χ2v) is 7.80. The van der Waals surface area contributed by atoms with Gasteiger partial charge in [-0.1, -0.05) is 30.3 Å². The minimum atomic E-state index is 0.540. The molecule has 1 saturated heterocycles. The summed E-state index contributed by atoms with van der Waals surface area (Å²) in [5.74, 6) is 3.92. The van der Waals surface area contributed by atoms with Crippen LogP contribution in [0.1, 0.15) is 10.1 Å². The topological polar surface area (TPSA) is 9.23 Å². The minimum Gasteiger partial charge on any atom is -0.457 e. The quantitative estimate of drug-likeness (QED) is 0.770. The van der Waals surface area contributed by atoms with Crippen molar-refractivity contribution in [3.63, 3.8) is 0 Å². The van der Waals surface area contributed by atoms with Crippen molar-refractivity contribution in [3.05, 3.63) is 60.2 Å². The Morgan fingerprint density at radius 2 is 1.70 bits per heavy atom. The van der Waals surface area contributed by atoms with Gasteiger partial charge in [0.25, 0.3) is 0 Å². The van der Waals surface area contributed by atoms with Crippen molar-refractivity contribution in [2.24, 2.45) is 0 Å². The van der Waals surface area contributed by atoms with Gasteiger partial charge >= 0.3 is 0 Å². The van der Waals surface area contributed by atoms with Gasteiger partial charge in [0, 0.05) is 16.8 Å². The first-order valence-electron chi connectivity index (χ1n) is 6.56. The average Bonchev–Trinajstić information content (AvgIpc) is 2.98. The lowest BCUT2D eigenvalue weighted by Gasteiger charge is -2.11. The summed E-state index contributed by atoms with van der Waals surface area (Å²) in [6, 6.07) is 18.3. The number of para-hydroxylation sites is 1. The molecular weight excluding hydrogens is 304 g/mol. The van der Waals surface area contributed by atoms with Crippen LogP contribution in [-0.4, -0.2) is 16.8 Å². The summed E-state index contributed by atoms with van der Waals surface area (Å²) in [5, 5.41) is 0.675. The Bertz CT molecular complexity index is 541. The highest BCUT2D eigenvalue weighted by molar-refractivity contribution is 8.20. The summed E-state index contributed by atoms with van der Waals surface area (Å²) in [5.41, 5.74) is 1.37. The lowest BCUT2D eigenvalue weighted by atomic mass is 10.2. The van der Waals surface area contributed by atoms with Crippen LogP contribution in [0.2, 0.25) is 0 Å². The molecule has 0 amide bonds. The third-order valence-corrected chi connectivity index (χ3v) is 7.13. The number of thiol groups is 1. The Kier molecular flexibility index (Phi) is 4.86. The van der Waals surface area contributed by atoms with Crippen LogP contribution in [0.15, 0.2) is 54.6 Å². The second kappa shape index (κ2) is 6.83. The number of hydrogen-bond donors (Lipinski definition) is 1. The molecule has 104 valence electrons. The Hall–Kier alpha value is -0.710.